The average Bonchev–Trinajstić information content (AvgIpc) is 3.27. The summed E-state index contributed by atoms with van der Waals surface area (Å²) in [6, 6.07) is 11.4. The van der Waals surface area contributed by atoms with Gasteiger partial charge in [0.1, 0.15) is 18.1 Å². The molecule has 0 unspecified atom stereocenters. The van der Waals surface area contributed by atoms with Crippen LogP contribution in [0.4, 0.5) is 0 Å². The third-order valence-electron chi connectivity index (χ3n) is 5.15. The zero-order valence-corrected chi connectivity index (χ0v) is 16.6. The van der Waals surface area contributed by atoms with E-state index in [1.807, 2.05) is 42.5 Å². The van der Waals surface area contributed by atoms with Crippen molar-refractivity contribution in [2.45, 2.75) is 19.4 Å². The van der Waals surface area contributed by atoms with Crippen molar-refractivity contribution in [1.29, 1.82) is 0 Å². The maximum absolute atomic E-state index is 12.4. The second kappa shape index (κ2) is 7.75. The molecule has 1 saturated heterocycles. The molecule has 1 N–H and O–H groups in total. The maximum atomic E-state index is 12.4. The Kier molecular flexibility index (Phi) is 5.17. The molecule has 4 rings (SSSR count). The van der Waals surface area contributed by atoms with Gasteiger partial charge in [-0.25, -0.2) is 0 Å². The van der Waals surface area contributed by atoms with Crippen molar-refractivity contribution in [1.82, 2.24) is 10.2 Å². The van der Waals surface area contributed by atoms with Gasteiger partial charge in [-0.1, -0.05) is 40.2 Å². The summed E-state index contributed by atoms with van der Waals surface area (Å²) in [5.74, 6) is -0.195. The van der Waals surface area contributed by atoms with Crippen molar-refractivity contribution in [3.05, 3.63) is 58.8 Å². The van der Waals surface area contributed by atoms with Crippen molar-refractivity contribution in [2.75, 3.05) is 6.54 Å². The standard InChI is InChI=1S/C21H19BrN2O4/c22-14-7-5-13(6-8-14)18-10-9-15(28-18)11-23-19(25)12-24-20(26)16-3-1-2-4-17(16)21(24)27/h1-2,5-10,16-17H,3-4,11-12H2,(H,23,25)/t16-,17+. The molecular formula is C21H19BrN2O4. The molecule has 0 radical (unpaired) electrons. The molecule has 2 aromatic rings. The van der Waals surface area contributed by atoms with Crippen LogP contribution < -0.4 is 5.32 Å². The van der Waals surface area contributed by atoms with Crippen molar-refractivity contribution in [2.24, 2.45) is 11.8 Å². The SMILES string of the molecule is O=C(CN1C(=O)[C@H]2CC=CC[C@H]2C1=O)NCc1ccc(-c2ccc(Br)cc2)o1. The summed E-state index contributed by atoms with van der Waals surface area (Å²) in [6.45, 7) is -0.0507. The fourth-order valence-electron chi connectivity index (χ4n) is 3.65. The predicted octanol–water partition coefficient (Wildman–Crippen LogP) is 3.28. The third kappa shape index (κ3) is 3.67. The molecule has 0 bridgehead atoms. The molecule has 1 fully saturated rings. The van der Waals surface area contributed by atoms with E-state index in [0.29, 0.717) is 24.4 Å². The smallest absolute Gasteiger partial charge is 0.240 e. The van der Waals surface area contributed by atoms with E-state index in [-0.39, 0.29) is 42.6 Å². The minimum absolute atomic E-state index is 0.194. The molecule has 144 valence electrons. The van der Waals surface area contributed by atoms with Gasteiger partial charge in [-0.05, 0) is 37.1 Å². The van der Waals surface area contributed by atoms with Gasteiger partial charge in [0.2, 0.25) is 17.7 Å². The fraction of sp³-hybridized carbons (Fsp3) is 0.286. The van der Waals surface area contributed by atoms with E-state index in [1.54, 1.807) is 6.07 Å². The predicted molar refractivity (Wildman–Crippen MR) is 106 cm³/mol. The van der Waals surface area contributed by atoms with E-state index in [9.17, 15) is 14.4 Å². The molecule has 7 heteroatoms. The molecule has 3 amide bonds. The lowest BCUT2D eigenvalue weighted by Crippen LogP contribution is -2.40. The second-order valence-corrected chi connectivity index (χ2v) is 7.88. The van der Waals surface area contributed by atoms with Gasteiger partial charge in [0.25, 0.3) is 0 Å². The van der Waals surface area contributed by atoms with Crippen molar-refractivity contribution in [3.63, 3.8) is 0 Å². The molecule has 6 nitrogen and oxygen atoms in total. The minimum atomic E-state index is -0.380. The zero-order valence-electron chi connectivity index (χ0n) is 15.1. The molecule has 1 aliphatic carbocycles. The molecular weight excluding hydrogens is 424 g/mol. The number of nitrogens with one attached hydrogen (secondary N) is 1. The quantitative estimate of drug-likeness (QED) is 0.569. The van der Waals surface area contributed by atoms with Gasteiger partial charge >= 0.3 is 0 Å². The Balaban J connectivity index is 1.33. The van der Waals surface area contributed by atoms with Gasteiger partial charge in [-0.3, -0.25) is 19.3 Å². The number of imide groups is 1. The van der Waals surface area contributed by atoms with Gasteiger partial charge < -0.3 is 9.73 Å². The highest BCUT2D eigenvalue weighted by atomic mass is 79.9. The maximum Gasteiger partial charge on any atom is 0.240 e. The molecule has 28 heavy (non-hydrogen) atoms. The first-order valence-electron chi connectivity index (χ1n) is 9.14. The van der Waals surface area contributed by atoms with E-state index >= 15 is 0 Å². The Hall–Kier alpha value is -2.67. The molecule has 0 saturated carbocycles. The molecule has 0 spiro atoms. The van der Waals surface area contributed by atoms with Crippen molar-refractivity contribution < 1.29 is 18.8 Å². The molecule has 1 aromatic heterocycles. The van der Waals surface area contributed by atoms with Gasteiger partial charge in [0.05, 0.1) is 18.4 Å². The van der Waals surface area contributed by atoms with Gasteiger partial charge in [0.15, 0.2) is 0 Å². The van der Waals surface area contributed by atoms with E-state index in [0.717, 1.165) is 14.9 Å². The summed E-state index contributed by atoms with van der Waals surface area (Å²) in [4.78, 5) is 38.2. The lowest BCUT2D eigenvalue weighted by atomic mass is 9.85. The summed E-state index contributed by atoms with van der Waals surface area (Å²) < 4.78 is 6.75. The summed E-state index contributed by atoms with van der Waals surface area (Å²) in [7, 11) is 0. The number of carbonyl (C=O) groups is 3. The average molecular weight is 443 g/mol. The number of hydrogen-bond donors (Lipinski definition) is 1. The van der Waals surface area contributed by atoms with E-state index in [2.05, 4.69) is 21.2 Å². The highest BCUT2D eigenvalue weighted by molar-refractivity contribution is 9.10. The molecule has 1 aromatic carbocycles. The number of nitrogens with zero attached hydrogens (tertiary/aromatic N) is 1. The summed E-state index contributed by atoms with van der Waals surface area (Å²) >= 11 is 3.39. The van der Waals surface area contributed by atoms with Gasteiger partial charge in [0, 0.05) is 10.0 Å². The van der Waals surface area contributed by atoms with E-state index in [4.69, 9.17) is 4.42 Å². The topological polar surface area (TPSA) is 79.6 Å². The molecule has 1 aliphatic heterocycles. The highest BCUT2D eigenvalue weighted by Crippen LogP contribution is 2.34. The van der Waals surface area contributed by atoms with Crippen LogP contribution in [0.15, 0.2) is 57.4 Å². The van der Waals surface area contributed by atoms with Crippen molar-refractivity contribution in [3.8, 4) is 11.3 Å². The number of benzene rings is 1. The van der Waals surface area contributed by atoms with Crippen LogP contribution in [0.2, 0.25) is 0 Å². The molecule has 2 heterocycles. The first-order chi connectivity index (χ1) is 13.5. The highest BCUT2D eigenvalue weighted by Gasteiger charge is 2.47. The Bertz CT molecular complexity index is 922. The number of likely N-dealkylation sites (tertiary alicyclic amines) is 1. The Labute approximate surface area is 170 Å². The number of rotatable bonds is 5. The lowest BCUT2D eigenvalue weighted by Gasteiger charge is -2.14. The first kappa shape index (κ1) is 18.7. The molecule has 2 atom stereocenters. The normalized spacial score (nSPS) is 21.1. The number of furan rings is 1. The van der Waals surface area contributed by atoms with Crippen LogP contribution >= 0.6 is 15.9 Å². The monoisotopic (exact) mass is 442 g/mol. The molecule has 2 aliphatic rings. The zero-order chi connectivity index (χ0) is 19.7. The Morgan fingerprint density at radius 3 is 2.32 bits per heavy atom. The van der Waals surface area contributed by atoms with Crippen molar-refractivity contribution >= 4 is 33.7 Å². The van der Waals surface area contributed by atoms with Gasteiger partial charge in [-0.15, -0.1) is 0 Å². The number of fused-ring (bicyclic) bond motifs is 1. The van der Waals surface area contributed by atoms with Gasteiger partial charge in [-0.2, -0.15) is 0 Å². The lowest BCUT2D eigenvalue weighted by molar-refractivity contribution is -0.143. The number of halogens is 1. The number of hydrogen-bond acceptors (Lipinski definition) is 4. The van der Waals surface area contributed by atoms with Crippen LogP contribution in [-0.4, -0.2) is 29.2 Å². The van der Waals surface area contributed by atoms with Crippen LogP contribution in [-0.2, 0) is 20.9 Å². The Morgan fingerprint density at radius 2 is 1.68 bits per heavy atom. The van der Waals surface area contributed by atoms with Crippen LogP contribution in [0, 0.1) is 11.8 Å². The van der Waals surface area contributed by atoms with Crippen LogP contribution in [0.5, 0.6) is 0 Å². The summed E-state index contributed by atoms with van der Waals surface area (Å²) in [5, 5.41) is 2.72. The Morgan fingerprint density at radius 1 is 1.04 bits per heavy atom. The van der Waals surface area contributed by atoms with Crippen LogP contribution in [0.3, 0.4) is 0 Å². The third-order valence-corrected chi connectivity index (χ3v) is 5.68. The number of carbonyl (C=O) groups excluding carboxylic acids is 3. The fourth-order valence-corrected chi connectivity index (χ4v) is 3.92. The summed E-state index contributed by atoms with van der Waals surface area (Å²) in [5.41, 5.74) is 0.935. The van der Waals surface area contributed by atoms with Crippen LogP contribution in [0.1, 0.15) is 18.6 Å². The van der Waals surface area contributed by atoms with E-state index in [1.165, 1.54) is 0 Å². The van der Waals surface area contributed by atoms with E-state index < -0.39 is 0 Å². The first-order valence-corrected chi connectivity index (χ1v) is 9.94. The van der Waals surface area contributed by atoms with Crippen LogP contribution in [0.25, 0.3) is 11.3 Å². The summed E-state index contributed by atoms with van der Waals surface area (Å²) in [6.07, 6.45) is 4.99. The number of amides is 3. The minimum Gasteiger partial charge on any atom is -0.459 e. The largest absolute Gasteiger partial charge is 0.459 e. The number of allylic oxidation sites excluding steroid dienone is 2. The second-order valence-electron chi connectivity index (χ2n) is 6.97.